The second-order valence-electron chi connectivity index (χ2n) is 3.21. The standard InChI is InChI=1S/C10H13NO2S/c1-7(2)14-6-8-3-4-11-9(5-8)10(12)13/h3-5,7H,6H2,1-2H3,(H,12,13). The van der Waals surface area contributed by atoms with Gasteiger partial charge in [-0.2, -0.15) is 11.8 Å². The van der Waals surface area contributed by atoms with Gasteiger partial charge in [0.1, 0.15) is 5.69 Å². The fourth-order valence-corrected chi connectivity index (χ4v) is 1.65. The lowest BCUT2D eigenvalue weighted by atomic mass is 10.2. The van der Waals surface area contributed by atoms with Crippen LogP contribution in [0.3, 0.4) is 0 Å². The average Bonchev–Trinajstić information content (AvgIpc) is 2.15. The number of rotatable bonds is 4. The first-order valence-corrected chi connectivity index (χ1v) is 5.44. The Morgan fingerprint density at radius 2 is 2.36 bits per heavy atom. The van der Waals surface area contributed by atoms with Crippen molar-refractivity contribution < 1.29 is 9.90 Å². The van der Waals surface area contributed by atoms with Gasteiger partial charge in [-0.05, 0) is 22.9 Å². The predicted molar refractivity (Wildman–Crippen MR) is 57.6 cm³/mol. The van der Waals surface area contributed by atoms with Crippen LogP contribution in [0.4, 0.5) is 0 Å². The maximum atomic E-state index is 10.6. The van der Waals surface area contributed by atoms with Crippen molar-refractivity contribution in [3.05, 3.63) is 29.6 Å². The highest BCUT2D eigenvalue weighted by Gasteiger charge is 2.05. The Balaban J connectivity index is 2.69. The summed E-state index contributed by atoms with van der Waals surface area (Å²) in [5, 5.41) is 9.27. The third kappa shape index (κ3) is 3.38. The molecule has 0 fully saturated rings. The number of pyridine rings is 1. The van der Waals surface area contributed by atoms with E-state index in [0.717, 1.165) is 11.3 Å². The zero-order valence-corrected chi connectivity index (χ0v) is 9.04. The van der Waals surface area contributed by atoms with E-state index in [4.69, 9.17) is 5.11 Å². The minimum absolute atomic E-state index is 0.117. The van der Waals surface area contributed by atoms with Gasteiger partial charge in [-0.3, -0.25) is 0 Å². The summed E-state index contributed by atoms with van der Waals surface area (Å²) in [4.78, 5) is 14.4. The van der Waals surface area contributed by atoms with Gasteiger partial charge < -0.3 is 5.11 Å². The maximum Gasteiger partial charge on any atom is 0.354 e. The van der Waals surface area contributed by atoms with E-state index in [0.29, 0.717) is 5.25 Å². The maximum absolute atomic E-state index is 10.6. The van der Waals surface area contributed by atoms with Crippen LogP contribution in [-0.2, 0) is 5.75 Å². The number of aromatic nitrogens is 1. The number of hydrogen-bond acceptors (Lipinski definition) is 3. The largest absolute Gasteiger partial charge is 0.477 e. The second kappa shape index (κ2) is 5.00. The molecule has 0 aliphatic heterocycles. The molecule has 1 N–H and O–H groups in total. The van der Waals surface area contributed by atoms with Crippen molar-refractivity contribution in [2.45, 2.75) is 24.9 Å². The Bertz CT molecular complexity index is 326. The molecule has 0 aromatic carbocycles. The van der Waals surface area contributed by atoms with Crippen molar-refractivity contribution in [1.82, 2.24) is 4.98 Å². The van der Waals surface area contributed by atoms with Crippen LogP contribution in [0.25, 0.3) is 0 Å². The van der Waals surface area contributed by atoms with E-state index in [1.165, 1.54) is 0 Å². The summed E-state index contributed by atoms with van der Waals surface area (Å²) in [6.45, 7) is 4.23. The number of carboxylic acids is 1. The van der Waals surface area contributed by atoms with Gasteiger partial charge in [0.05, 0.1) is 0 Å². The highest BCUT2D eigenvalue weighted by molar-refractivity contribution is 7.99. The molecule has 1 aromatic heterocycles. The van der Waals surface area contributed by atoms with Crippen LogP contribution in [0.2, 0.25) is 0 Å². The predicted octanol–water partition coefficient (Wildman–Crippen LogP) is 2.42. The van der Waals surface area contributed by atoms with Crippen molar-refractivity contribution in [2.75, 3.05) is 0 Å². The van der Waals surface area contributed by atoms with Gasteiger partial charge in [-0.1, -0.05) is 13.8 Å². The number of carbonyl (C=O) groups is 1. The molecule has 4 heteroatoms. The third-order valence-corrected chi connectivity index (χ3v) is 2.79. The number of aromatic carboxylic acids is 1. The Morgan fingerprint density at radius 3 is 2.93 bits per heavy atom. The topological polar surface area (TPSA) is 50.2 Å². The molecule has 0 atom stereocenters. The molecular weight excluding hydrogens is 198 g/mol. The quantitative estimate of drug-likeness (QED) is 0.831. The van der Waals surface area contributed by atoms with Crippen molar-refractivity contribution >= 4 is 17.7 Å². The summed E-state index contributed by atoms with van der Waals surface area (Å²) >= 11 is 1.78. The summed E-state index contributed by atoms with van der Waals surface area (Å²) in [6.07, 6.45) is 1.54. The third-order valence-electron chi connectivity index (χ3n) is 1.63. The van der Waals surface area contributed by atoms with Crippen molar-refractivity contribution in [2.24, 2.45) is 0 Å². The van der Waals surface area contributed by atoms with Gasteiger partial charge in [0.15, 0.2) is 0 Å². The highest BCUT2D eigenvalue weighted by Crippen LogP contribution is 2.16. The monoisotopic (exact) mass is 211 g/mol. The van der Waals surface area contributed by atoms with Crippen LogP contribution >= 0.6 is 11.8 Å². The minimum Gasteiger partial charge on any atom is -0.477 e. The molecule has 0 bridgehead atoms. The molecule has 0 radical (unpaired) electrons. The van der Waals surface area contributed by atoms with Crippen LogP contribution in [0.15, 0.2) is 18.3 Å². The highest BCUT2D eigenvalue weighted by atomic mass is 32.2. The molecule has 1 rings (SSSR count). The minimum atomic E-state index is -0.971. The average molecular weight is 211 g/mol. The molecule has 14 heavy (non-hydrogen) atoms. The summed E-state index contributed by atoms with van der Waals surface area (Å²) in [6, 6.07) is 3.47. The second-order valence-corrected chi connectivity index (χ2v) is 4.78. The summed E-state index contributed by atoms with van der Waals surface area (Å²) in [5.74, 6) is -0.137. The van der Waals surface area contributed by atoms with E-state index >= 15 is 0 Å². The van der Waals surface area contributed by atoms with Crippen LogP contribution in [0.5, 0.6) is 0 Å². The van der Waals surface area contributed by atoms with Gasteiger partial charge in [0.25, 0.3) is 0 Å². The first-order valence-electron chi connectivity index (χ1n) is 4.39. The Morgan fingerprint density at radius 1 is 1.64 bits per heavy atom. The van der Waals surface area contributed by atoms with Crippen LogP contribution in [0.1, 0.15) is 29.9 Å². The molecule has 0 aliphatic rings. The number of hydrogen-bond donors (Lipinski definition) is 1. The fourth-order valence-electron chi connectivity index (χ4n) is 0.944. The van der Waals surface area contributed by atoms with Crippen LogP contribution in [0, 0.1) is 0 Å². The van der Waals surface area contributed by atoms with E-state index in [1.54, 1.807) is 24.0 Å². The van der Waals surface area contributed by atoms with Crippen LogP contribution in [-0.4, -0.2) is 21.3 Å². The lowest BCUT2D eigenvalue weighted by Gasteiger charge is -2.04. The van der Waals surface area contributed by atoms with Gasteiger partial charge in [0.2, 0.25) is 0 Å². The zero-order chi connectivity index (χ0) is 10.6. The molecule has 1 heterocycles. The zero-order valence-electron chi connectivity index (χ0n) is 8.23. The van der Waals surface area contributed by atoms with E-state index < -0.39 is 5.97 Å². The van der Waals surface area contributed by atoms with Gasteiger partial charge in [0, 0.05) is 11.9 Å². The molecule has 0 spiro atoms. The Hall–Kier alpha value is -1.03. The van der Waals surface area contributed by atoms with Crippen molar-refractivity contribution in [3.8, 4) is 0 Å². The smallest absolute Gasteiger partial charge is 0.354 e. The van der Waals surface area contributed by atoms with Crippen molar-refractivity contribution in [3.63, 3.8) is 0 Å². The molecule has 1 aromatic rings. The Labute approximate surface area is 87.6 Å². The summed E-state index contributed by atoms with van der Waals surface area (Å²) < 4.78 is 0. The molecule has 76 valence electrons. The lowest BCUT2D eigenvalue weighted by molar-refractivity contribution is 0.0690. The van der Waals surface area contributed by atoms with Crippen LogP contribution < -0.4 is 0 Å². The first-order chi connectivity index (χ1) is 6.59. The summed E-state index contributed by atoms with van der Waals surface area (Å²) in [7, 11) is 0. The Kier molecular flexibility index (Phi) is 3.95. The molecule has 0 saturated heterocycles. The van der Waals surface area contributed by atoms with E-state index in [9.17, 15) is 4.79 Å². The summed E-state index contributed by atoms with van der Waals surface area (Å²) in [5.41, 5.74) is 1.13. The number of carboxylic acid groups (broad SMARTS) is 1. The molecule has 0 unspecified atom stereocenters. The molecule has 3 nitrogen and oxygen atoms in total. The molecule has 0 aliphatic carbocycles. The van der Waals surface area contributed by atoms with Gasteiger partial charge in [-0.15, -0.1) is 0 Å². The SMILES string of the molecule is CC(C)SCc1ccnc(C(=O)O)c1. The normalized spacial score (nSPS) is 10.5. The number of nitrogens with zero attached hydrogens (tertiary/aromatic N) is 1. The van der Waals surface area contributed by atoms with Gasteiger partial charge in [-0.25, -0.2) is 9.78 Å². The van der Waals surface area contributed by atoms with E-state index in [-0.39, 0.29) is 5.69 Å². The van der Waals surface area contributed by atoms with E-state index in [2.05, 4.69) is 18.8 Å². The molecular formula is C10H13NO2S. The fraction of sp³-hybridized carbons (Fsp3) is 0.400. The molecule has 0 saturated carbocycles. The molecule has 0 amide bonds. The number of thioether (sulfide) groups is 1. The van der Waals surface area contributed by atoms with E-state index in [1.807, 2.05) is 6.07 Å². The lowest BCUT2D eigenvalue weighted by Crippen LogP contribution is -2.00. The van der Waals surface area contributed by atoms with Crippen molar-refractivity contribution in [1.29, 1.82) is 0 Å². The first kappa shape index (κ1) is 11.0. The van der Waals surface area contributed by atoms with Gasteiger partial charge >= 0.3 is 5.97 Å².